The van der Waals surface area contributed by atoms with Crippen molar-refractivity contribution in [3.8, 4) is 0 Å². The minimum Gasteiger partial charge on any atom is -0.396 e. The van der Waals surface area contributed by atoms with Crippen LogP contribution in [0, 0.1) is 11.8 Å². The SMILES string of the molecule is O=C(CCCO)N1CC2CCC(O)C2C1. The molecular weight excluding hydrogens is 194 g/mol. The summed E-state index contributed by atoms with van der Waals surface area (Å²) in [6, 6.07) is 0. The first kappa shape index (κ1) is 10.9. The largest absolute Gasteiger partial charge is 0.396 e. The molecule has 1 heterocycles. The van der Waals surface area contributed by atoms with Crippen LogP contribution in [0.1, 0.15) is 25.7 Å². The zero-order chi connectivity index (χ0) is 10.8. The van der Waals surface area contributed by atoms with E-state index in [0.29, 0.717) is 24.7 Å². The van der Waals surface area contributed by atoms with E-state index in [1.54, 1.807) is 0 Å². The molecule has 0 aromatic heterocycles. The Morgan fingerprint density at radius 2 is 2.13 bits per heavy atom. The first-order valence-electron chi connectivity index (χ1n) is 5.79. The predicted molar refractivity (Wildman–Crippen MR) is 55.1 cm³/mol. The van der Waals surface area contributed by atoms with Gasteiger partial charge in [-0.3, -0.25) is 4.79 Å². The Kier molecular flexibility index (Phi) is 3.26. The quantitative estimate of drug-likeness (QED) is 0.693. The summed E-state index contributed by atoms with van der Waals surface area (Å²) in [5.74, 6) is 0.951. The maximum Gasteiger partial charge on any atom is 0.222 e. The Hall–Kier alpha value is -0.610. The van der Waals surface area contributed by atoms with Gasteiger partial charge in [0.2, 0.25) is 5.91 Å². The van der Waals surface area contributed by atoms with Crippen LogP contribution < -0.4 is 0 Å². The number of nitrogens with zero attached hydrogens (tertiary/aromatic N) is 1. The normalized spacial score (nSPS) is 34.5. The van der Waals surface area contributed by atoms with Crippen LogP contribution in [0.2, 0.25) is 0 Å². The summed E-state index contributed by atoms with van der Waals surface area (Å²) in [5, 5.41) is 18.3. The van der Waals surface area contributed by atoms with Gasteiger partial charge in [-0.05, 0) is 25.2 Å². The molecule has 2 N–H and O–H groups in total. The standard InChI is InChI=1S/C11H19NO3/c13-5-1-2-11(15)12-6-8-3-4-10(14)9(8)7-12/h8-10,13-14H,1-7H2. The van der Waals surface area contributed by atoms with Crippen LogP contribution in [0.3, 0.4) is 0 Å². The van der Waals surface area contributed by atoms with E-state index in [4.69, 9.17) is 5.11 Å². The van der Waals surface area contributed by atoms with E-state index in [0.717, 1.165) is 25.9 Å². The van der Waals surface area contributed by atoms with Crippen LogP contribution in [0.5, 0.6) is 0 Å². The number of rotatable bonds is 3. The second-order valence-corrected chi connectivity index (χ2v) is 4.69. The van der Waals surface area contributed by atoms with Crippen molar-refractivity contribution in [2.45, 2.75) is 31.8 Å². The van der Waals surface area contributed by atoms with Crippen molar-refractivity contribution in [1.29, 1.82) is 0 Å². The highest BCUT2D eigenvalue weighted by Crippen LogP contribution is 2.38. The molecule has 15 heavy (non-hydrogen) atoms. The summed E-state index contributed by atoms with van der Waals surface area (Å²) in [6.07, 6.45) is 2.73. The molecule has 86 valence electrons. The van der Waals surface area contributed by atoms with Crippen LogP contribution in [0.15, 0.2) is 0 Å². The van der Waals surface area contributed by atoms with Gasteiger partial charge in [-0.25, -0.2) is 0 Å². The summed E-state index contributed by atoms with van der Waals surface area (Å²) in [7, 11) is 0. The van der Waals surface area contributed by atoms with Crippen molar-refractivity contribution in [3.05, 3.63) is 0 Å². The lowest BCUT2D eigenvalue weighted by Gasteiger charge is -2.18. The van der Waals surface area contributed by atoms with Crippen LogP contribution in [0.4, 0.5) is 0 Å². The molecule has 4 nitrogen and oxygen atoms in total. The maximum absolute atomic E-state index is 11.7. The average molecular weight is 213 g/mol. The molecule has 1 aliphatic carbocycles. The minimum absolute atomic E-state index is 0.0784. The van der Waals surface area contributed by atoms with E-state index in [1.807, 2.05) is 4.90 Å². The smallest absolute Gasteiger partial charge is 0.222 e. The van der Waals surface area contributed by atoms with Gasteiger partial charge < -0.3 is 15.1 Å². The molecule has 3 unspecified atom stereocenters. The number of carbonyl (C=O) groups is 1. The van der Waals surface area contributed by atoms with Gasteiger partial charge in [0.25, 0.3) is 0 Å². The number of hydrogen-bond acceptors (Lipinski definition) is 3. The molecule has 0 aromatic carbocycles. The van der Waals surface area contributed by atoms with Crippen LogP contribution in [-0.2, 0) is 4.79 Å². The van der Waals surface area contributed by atoms with Gasteiger partial charge in [-0.2, -0.15) is 0 Å². The molecule has 3 atom stereocenters. The summed E-state index contributed by atoms with van der Waals surface area (Å²) < 4.78 is 0. The second-order valence-electron chi connectivity index (χ2n) is 4.69. The number of aliphatic hydroxyl groups is 2. The van der Waals surface area contributed by atoms with Crippen molar-refractivity contribution in [1.82, 2.24) is 4.90 Å². The molecule has 2 fully saturated rings. The highest BCUT2D eigenvalue weighted by molar-refractivity contribution is 5.76. The van der Waals surface area contributed by atoms with Gasteiger partial charge in [0.15, 0.2) is 0 Å². The minimum atomic E-state index is -0.203. The lowest BCUT2D eigenvalue weighted by atomic mass is 10.00. The number of likely N-dealkylation sites (tertiary alicyclic amines) is 1. The molecule has 1 saturated heterocycles. The monoisotopic (exact) mass is 213 g/mol. The Bertz CT molecular complexity index is 244. The summed E-state index contributed by atoms with van der Waals surface area (Å²) in [4.78, 5) is 13.5. The molecule has 1 aliphatic heterocycles. The van der Waals surface area contributed by atoms with Crippen molar-refractivity contribution >= 4 is 5.91 Å². The van der Waals surface area contributed by atoms with Crippen molar-refractivity contribution in [2.24, 2.45) is 11.8 Å². The number of fused-ring (bicyclic) bond motifs is 1. The molecular formula is C11H19NO3. The van der Waals surface area contributed by atoms with Gasteiger partial charge in [-0.15, -0.1) is 0 Å². The first-order chi connectivity index (χ1) is 7.22. The van der Waals surface area contributed by atoms with E-state index >= 15 is 0 Å². The Morgan fingerprint density at radius 1 is 1.33 bits per heavy atom. The molecule has 2 rings (SSSR count). The second kappa shape index (κ2) is 4.49. The fourth-order valence-corrected chi connectivity index (χ4v) is 2.83. The zero-order valence-electron chi connectivity index (χ0n) is 8.93. The Morgan fingerprint density at radius 3 is 2.80 bits per heavy atom. The highest BCUT2D eigenvalue weighted by atomic mass is 16.3. The third-order valence-corrected chi connectivity index (χ3v) is 3.72. The molecule has 1 amide bonds. The molecule has 0 radical (unpaired) electrons. The lowest BCUT2D eigenvalue weighted by Crippen LogP contribution is -2.30. The van der Waals surface area contributed by atoms with Crippen molar-refractivity contribution in [3.63, 3.8) is 0 Å². The number of carbonyl (C=O) groups excluding carboxylic acids is 1. The Labute approximate surface area is 89.9 Å². The van der Waals surface area contributed by atoms with Gasteiger partial charge in [0.05, 0.1) is 6.10 Å². The summed E-state index contributed by atoms with van der Waals surface area (Å²) >= 11 is 0. The molecule has 0 bridgehead atoms. The molecule has 0 aromatic rings. The third kappa shape index (κ3) is 2.16. The zero-order valence-corrected chi connectivity index (χ0v) is 8.93. The molecule has 2 aliphatic rings. The van der Waals surface area contributed by atoms with E-state index in [2.05, 4.69) is 0 Å². The maximum atomic E-state index is 11.7. The van der Waals surface area contributed by atoms with E-state index in [1.165, 1.54) is 0 Å². The third-order valence-electron chi connectivity index (χ3n) is 3.72. The van der Waals surface area contributed by atoms with Crippen LogP contribution in [-0.4, -0.2) is 46.8 Å². The van der Waals surface area contributed by atoms with Gasteiger partial charge in [0, 0.05) is 32.0 Å². The van der Waals surface area contributed by atoms with Crippen LogP contribution >= 0.6 is 0 Å². The number of amides is 1. The fourth-order valence-electron chi connectivity index (χ4n) is 2.83. The number of aliphatic hydroxyl groups excluding tert-OH is 2. The average Bonchev–Trinajstić information content (AvgIpc) is 2.78. The van der Waals surface area contributed by atoms with E-state index in [9.17, 15) is 9.90 Å². The van der Waals surface area contributed by atoms with E-state index in [-0.39, 0.29) is 18.6 Å². The van der Waals surface area contributed by atoms with Gasteiger partial charge in [-0.1, -0.05) is 0 Å². The summed E-state index contributed by atoms with van der Waals surface area (Å²) in [5.41, 5.74) is 0. The van der Waals surface area contributed by atoms with Crippen LogP contribution in [0.25, 0.3) is 0 Å². The fraction of sp³-hybridized carbons (Fsp3) is 0.909. The molecule has 0 spiro atoms. The predicted octanol–water partition coefficient (Wildman–Crippen LogP) is -0.0118. The summed E-state index contributed by atoms with van der Waals surface area (Å²) in [6.45, 7) is 1.61. The van der Waals surface area contributed by atoms with Crippen molar-refractivity contribution in [2.75, 3.05) is 19.7 Å². The van der Waals surface area contributed by atoms with Gasteiger partial charge in [0.1, 0.15) is 0 Å². The molecule has 1 saturated carbocycles. The highest BCUT2D eigenvalue weighted by Gasteiger charge is 2.42. The first-order valence-corrected chi connectivity index (χ1v) is 5.79. The van der Waals surface area contributed by atoms with Crippen molar-refractivity contribution < 1.29 is 15.0 Å². The number of hydrogen-bond donors (Lipinski definition) is 2. The lowest BCUT2D eigenvalue weighted by molar-refractivity contribution is -0.130. The van der Waals surface area contributed by atoms with E-state index < -0.39 is 0 Å². The molecule has 4 heteroatoms. The topological polar surface area (TPSA) is 60.8 Å². The van der Waals surface area contributed by atoms with Gasteiger partial charge >= 0.3 is 0 Å². The Balaban J connectivity index is 1.85.